The highest BCUT2D eigenvalue weighted by Gasteiger charge is 2.33. The maximum absolute atomic E-state index is 13.0. The van der Waals surface area contributed by atoms with Crippen LogP contribution in [0.2, 0.25) is 0 Å². The summed E-state index contributed by atoms with van der Waals surface area (Å²) in [5.41, 5.74) is 12.2. The molecule has 2 aromatic rings. The molecule has 0 radical (unpaired) electrons. The van der Waals surface area contributed by atoms with Crippen LogP contribution in [0, 0.1) is 0 Å². The SMILES string of the molecule is CC(O)C(NC(=O)C(N)CCC(=O)O)C(=O)NC(CC(N)=O)C(=O)NC(Cc1c[nH]c2ccccc12)C(=O)O. The Morgan fingerprint density at radius 3 is 2.18 bits per heavy atom. The summed E-state index contributed by atoms with van der Waals surface area (Å²) in [6.45, 7) is 1.16. The second kappa shape index (κ2) is 13.9. The monoisotopic (exact) mass is 548 g/mol. The van der Waals surface area contributed by atoms with Gasteiger partial charge in [-0.15, -0.1) is 0 Å². The molecule has 5 atom stereocenters. The van der Waals surface area contributed by atoms with Gasteiger partial charge in [0.05, 0.1) is 18.6 Å². The van der Waals surface area contributed by atoms with Crippen molar-refractivity contribution in [1.82, 2.24) is 20.9 Å². The molecule has 1 heterocycles. The highest BCUT2D eigenvalue weighted by Crippen LogP contribution is 2.19. The van der Waals surface area contributed by atoms with E-state index in [1.165, 1.54) is 0 Å². The first-order valence-electron chi connectivity index (χ1n) is 11.9. The molecular weight excluding hydrogens is 516 g/mol. The van der Waals surface area contributed by atoms with E-state index in [0.717, 1.165) is 17.8 Å². The number of aromatic nitrogens is 1. The maximum atomic E-state index is 13.0. The number of hydrogen-bond donors (Lipinski definition) is 9. The van der Waals surface area contributed by atoms with Gasteiger partial charge in [-0.3, -0.25) is 24.0 Å². The van der Waals surface area contributed by atoms with Crippen molar-refractivity contribution in [3.63, 3.8) is 0 Å². The lowest BCUT2D eigenvalue weighted by molar-refractivity contribution is -0.142. The van der Waals surface area contributed by atoms with Crippen LogP contribution >= 0.6 is 0 Å². The summed E-state index contributed by atoms with van der Waals surface area (Å²) >= 11 is 0. The highest BCUT2D eigenvalue weighted by atomic mass is 16.4. The van der Waals surface area contributed by atoms with E-state index < -0.39 is 78.7 Å². The number of carbonyl (C=O) groups is 6. The highest BCUT2D eigenvalue weighted by molar-refractivity contribution is 5.96. The average molecular weight is 549 g/mol. The Morgan fingerprint density at radius 2 is 1.59 bits per heavy atom. The lowest BCUT2D eigenvalue weighted by Gasteiger charge is -2.26. The number of carbonyl (C=O) groups excluding carboxylic acids is 4. The van der Waals surface area contributed by atoms with Crippen molar-refractivity contribution >= 4 is 46.5 Å². The van der Waals surface area contributed by atoms with E-state index in [2.05, 4.69) is 20.9 Å². The van der Waals surface area contributed by atoms with Crippen molar-refractivity contribution < 1.29 is 44.1 Å². The molecule has 1 aromatic heterocycles. The smallest absolute Gasteiger partial charge is 0.326 e. The molecule has 0 fully saturated rings. The lowest BCUT2D eigenvalue weighted by atomic mass is 10.0. The summed E-state index contributed by atoms with van der Waals surface area (Å²) < 4.78 is 0. The Labute approximate surface area is 222 Å². The van der Waals surface area contributed by atoms with E-state index in [0.29, 0.717) is 5.56 Å². The van der Waals surface area contributed by atoms with Crippen LogP contribution in [-0.4, -0.2) is 86.1 Å². The third kappa shape index (κ3) is 9.08. The van der Waals surface area contributed by atoms with Gasteiger partial charge in [0, 0.05) is 29.9 Å². The van der Waals surface area contributed by atoms with E-state index >= 15 is 0 Å². The van der Waals surface area contributed by atoms with Crippen molar-refractivity contribution in [2.45, 2.75) is 62.9 Å². The molecule has 15 heteroatoms. The standard InChI is InChI=1S/C24H32N6O9/c1-11(31)20(30-21(35)14(25)6-7-19(33)34)23(37)28-16(9-18(26)32)22(36)29-17(24(38)39)8-12-10-27-15-5-3-2-4-13(12)15/h2-5,10-11,14,16-17,20,27,31H,6-9,25H2,1H3,(H2,26,32)(H,28,37)(H,29,36)(H,30,35)(H,33,34)(H,38,39). The van der Waals surface area contributed by atoms with Gasteiger partial charge in [-0.2, -0.15) is 0 Å². The first-order valence-corrected chi connectivity index (χ1v) is 11.9. The molecule has 1 aromatic carbocycles. The third-order valence-corrected chi connectivity index (χ3v) is 5.82. The van der Waals surface area contributed by atoms with E-state index in [4.69, 9.17) is 16.6 Å². The number of nitrogens with one attached hydrogen (secondary N) is 4. The second-order valence-corrected chi connectivity index (χ2v) is 8.96. The van der Waals surface area contributed by atoms with Gasteiger partial charge in [0.15, 0.2) is 0 Å². The number of primary amides is 1. The van der Waals surface area contributed by atoms with Crippen LogP contribution in [0.5, 0.6) is 0 Å². The zero-order valence-corrected chi connectivity index (χ0v) is 21.0. The number of nitrogens with two attached hydrogens (primary N) is 2. The van der Waals surface area contributed by atoms with Crippen LogP contribution in [0.4, 0.5) is 0 Å². The van der Waals surface area contributed by atoms with Gasteiger partial charge < -0.3 is 47.7 Å². The number of aromatic amines is 1. The molecule has 4 amide bonds. The molecule has 0 spiro atoms. The minimum absolute atomic E-state index is 0.122. The zero-order valence-electron chi connectivity index (χ0n) is 21.0. The van der Waals surface area contributed by atoms with Gasteiger partial charge in [0.25, 0.3) is 0 Å². The molecule has 11 N–H and O–H groups in total. The molecule has 0 saturated heterocycles. The molecule has 2 rings (SSSR count). The van der Waals surface area contributed by atoms with Gasteiger partial charge in [-0.05, 0) is 25.0 Å². The van der Waals surface area contributed by atoms with E-state index in [-0.39, 0.29) is 12.8 Å². The molecule has 0 aliphatic carbocycles. The van der Waals surface area contributed by atoms with Crippen LogP contribution < -0.4 is 27.4 Å². The Balaban J connectivity index is 2.15. The fraction of sp³-hybridized carbons (Fsp3) is 0.417. The van der Waals surface area contributed by atoms with Crippen LogP contribution in [0.25, 0.3) is 10.9 Å². The number of rotatable bonds is 15. The van der Waals surface area contributed by atoms with Crippen LogP contribution in [0.15, 0.2) is 30.5 Å². The molecule has 5 unspecified atom stereocenters. The number of benzene rings is 1. The minimum Gasteiger partial charge on any atom is -0.481 e. The molecule has 0 saturated carbocycles. The summed E-state index contributed by atoms with van der Waals surface area (Å²) in [6.07, 6.45) is -1.38. The average Bonchev–Trinajstić information content (AvgIpc) is 3.26. The largest absolute Gasteiger partial charge is 0.481 e. The van der Waals surface area contributed by atoms with Gasteiger partial charge in [0.1, 0.15) is 18.1 Å². The minimum atomic E-state index is -1.64. The zero-order chi connectivity index (χ0) is 29.3. The van der Waals surface area contributed by atoms with Crippen LogP contribution in [0.1, 0.15) is 31.7 Å². The van der Waals surface area contributed by atoms with Crippen molar-refractivity contribution in [1.29, 1.82) is 0 Å². The maximum Gasteiger partial charge on any atom is 0.326 e. The number of fused-ring (bicyclic) bond motifs is 1. The van der Waals surface area contributed by atoms with Crippen molar-refractivity contribution in [3.05, 3.63) is 36.0 Å². The molecule has 0 bridgehead atoms. The number of aliphatic carboxylic acids is 2. The van der Waals surface area contributed by atoms with Crippen molar-refractivity contribution in [2.75, 3.05) is 0 Å². The Bertz CT molecular complexity index is 1230. The Kier molecular flexibility index (Phi) is 10.9. The number of carboxylic acids is 2. The predicted molar refractivity (Wildman–Crippen MR) is 136 cm³/mol. The predicted octanol–water partition coefficient (Wildman–Crippen LogP) is -2.30. The molecule has 15 nitrogen and oxygen atoms in total. The Morgan fingerprint density at radius 1 is 0.949 bits per heavy atom. The quantitative estimate of drug-likeness (QED) is 0.115. The van der Waals surface area contributed by atoms with Gasteiger partial charge in [-0.1, -0.05) is 18.2 Å². The first kappa shape index (κ1) is 30.7. The number of carboxylic acid groups (broad SMARTS) is 2. The van der Waals surface area contributed by atoms with E-state index in [1.54, 1.807) is 30.5 Å². The second-order valence-electron chi connectivity index (χ2n) is 8.96. The van der Waals surface area contributed by atoms with Crippen molar-refractivity contribution in [2.24, 2.45) is 11.5 Å². The van der Waals surface area contributed by atoms with Crippen LogP contribution in [-0.2, 0) is 35.2 Å². The fourth-order valence-corrected chi connectivity index (χ4v) is 3.74. The summed E-state index contributed by atoms with van der Waals surface area (Å²) in [5, 5.41) is 35.9. The number of H-pyrrole nitrogens is 1. The van der Waals surface area contributed by atoms with Gasteiger partial charge in [-0.25, -0.2) is 4.79 Å². The normalized spacial score (nSPS) is 14.8. The number of para-hydroxylation sites is 1. The number of hydrogen-bond acceptors (Lipinski definition) is 8. The molecule has 212 valence electrons. The summed E-state index contributed by atoms with van der Waals surface area (Å²) in [5.74, 6) is -6.61. The fourth-order valence-electron chi connectivity index (χ4n) is 3.74. The van der Waals surface area contributed by atoms with E-state index in [1.807, 2.05) is 0 Å². The summed E-state index contributed by atoms with van der Waals surface area (Å²) in [7, 11) is 0. The molecular formula is C24H32N6O9. The topological polar surface area (TPSA) is 267 Å². The molecule has 0 aliphatic heterocycles. The molecule has 0 aliphatic rings. The van der Waals surface area contributed by atoms with Gasteiger partial charge in [0.2, 0.25) is 23.6 Å². The van der Waals surface area contributed by atoms with E-state index in [9.17, 15) is 39.0 Å². The number of amides is 4. The lowest BCUT2D eigenvalue weighted by Crippen LogP contribution is -2.60. The third-order valence-electron chi connectivity index (χ3n) is 5.82. The first-order chi connectivity index (χ1) is 18.3. The number of aliphatic hydroxyl groups excluding tert-OH is 1. The van der Waals surface area contributed by atoms with Crippen LogP contribution in [0.3, 0.4) is 0 Å². The number of aliphatic hydroxyl groups is 1. The van der Waals surface area contributed by atoms with Crippen molar-refractivity contribution in [3.8, 4) is 0 Å². The summed E-state index contributed by atoms with van der Waals surface area (Å²) in [4.78, 5) is 75.3. The molecule has 39 heavy (non-hydrogen) atoms. The Hall–Kier alpha value is -4.50. The summed E-state index contributed by atoms with van der Waals surface area (Å²) in [6, 6.07) is 1.10. The van der Waals surface area contributed by atoms with Gasteiger partial charge >= 0.3 is 11.9 Å².